The second-order valence-corrected chi connectivity index (χ2v) is 7.55. The lowest BCUT2D eigenvalue weighted by Gasteiger charge is -2.08. The van der Waals surface area contributed by atoms with Crippen molar-refractivity contribution in [1.82, 2.24) is 4.72 Å². The molecule has 0 aliphatic carbocycles. The summed E-state index contributed by atoms with van der Waals surface area (Å²) in [5.41, 5.74) is 2.71. The van der Waals surface area contributed by atoms with E-state index in [-0.39, 0.29) is 11.5 Å². The first-order valence-electron chi connectivity index (χ1n) is 8.23. The minimum Gasteiger partial charge on any atom is -0.396 e. The van der Waals surface area contributed by atoms with Gasteiger partial charge in [-0.05, 0) is 61.1 Å². The number of nitrogens with zero attached hydrogens (tertiary/aromatic N) is 1. The summed E-state index contributed by atoms with van der Waals surface area (Å²) in [6, 6.07) is 15.9. The average Bonchev–Trinajstić information content (AvgIpc) is 2.63. The molecule has 5 nitrogen and oxygen atoms in total. The van der Waals surface area contributed by atoms with E-state index in [1.807, 2.05) is 30.3 Å². The number of sulfonamides is 1. The zero-order valence-corrected chi connectivity index (χ0v) is 14.8. The fourth-order valence-corrected chi connectivity index (χ4v) is 3.47. The molecule has 0 atom stereocenters. The van der Waals surface area contributed by atoms with E-state index in [0.717, 1.165) is 24.8 Å². The first-order chi connectivity index (χ1) is 12.0. The van der Waals surface area contributed by atoms with Gasteiger partial charge < -0.3 is 5.11 Å². The van der Waals surface area contributed by atoms with Gasteiger partial charge in [0.15, 0.2) is 0 Å². The van der Waals surface area contributed by atoms with Crippen LogP contribution in [0, 0.1) is 11.3 Å². The Bertz CT molecular complexity index is 807. The molecule has 0 aromatic heterocycles. The Morgan fingerprint density at radius 2 is 1.52 bits per heavy atom. The van der Waals surface area contributed by atoms with Gasteiger partial charge in [0.05, 0.1) is 16.5 Å². The molecule has 0 spiro atoms. The second-order valence-electron chi connectivity index (χ2n) is 5.78. The molecule has 0 heterocycles. The zero-order chi connectivity index (χ0) is 18.1. The molecule has 132 valence electrons. The molecule has 2 aromatic rings. The molecule has 0 fully saturated rings. The Morgan fingerprint density at radius 3 is 2.08 bits per heavy atom. The topological polar surface area (TPSA) is 90.2 Å². The summed E-state index contributed by atoms with van der Waals surface area (Å²) in [7, 11) is -3.56. The van der Waals surface area contributed by atoms with Gasteiger partial charge in [-0.1, -0.05) is 24.3 Å². The third-order valence-corrected chi connectivity index (χ3v) is 5.37. The number of hydrogen-bond acceptors (Lipinski definition) is 4. The fraction of sp³-hybridized carbons (Fsp3) is 0.316. The van der Waals surface area contributed by atoms with Gasteiger partial charge in [-0.25, -0.2) is 13.1 Å². The molecule has 6 heteroatoms. The standard InChI is InChI=1S/C19H22N2O3S/c20-15-18-8-10-19(11-9-18)25(23,24)21-13-12-17-6-4-16(5-7-17)3-1-2-14-22/h4-11,21-22H,1-3,12-14H2. The normalized spacial score (nSPS) is 11.2. The van der Waals surface area contributed by atoms with Crippen LogP contribution < -0.4 is 4.72 Å². The average molecular weight is 358 g/mol. The van der Waals surface area contributed by atoms with Crippen molar-refractivity contribution in [2.75, 3.05) is 13.2 Å². The molecule has 0 amide bonds. The van der Waals surface area contributed by atoms with Gasteiger partial charge in [0.2, 0.25) is 10.0 Å². The third kappa shape index (κ3) is 5.98. The molecule has 2 rings (SSSR count). The van der Waals surface area contributed by atoms with E-state index in [0.29, 0.717) is 18.5 Å². The Balaban J connectivity index is 1.85. The predicted molar refractivity (Wildman–Crippen MR) is 96.5 cm³/mol. The lowest BCUT2D eigenvalue weighted by molar-refractivity contribution is 0.284. The maximum absolute atomic E-state index is 12.2. The first-order valence-corrected chi connectivity index (χ1v) is 9.72. The molecule has 0 saturated carbocycles. The van der Waals surface area contributed by atoms with Gasteiger partial charge in [0, 0.05) is 13.2 Å². The van der Waals surface area contributed by atoms with Crippen molar-refractivity contribution in [2.24, 2.45) is 0 Å². The van der Waals surface area contributed by atoms with Crippen LogP contribution in [0.1, 0.15) is 29.5 Å². The number of aryl methyl sites for hydroxylation is 1. The predicted octanol–water partition coefficient (Wildman–Crippen LogP) is 2.39. The highest BCUT2D eigenvalue weighted by Gasteiger charge is 2.13. The quantitative estimate of drug-likeness (QED) is 0.674. The maximum atomic E-state index is 12.2. The van der Waals surface area contributed by atoms with Gasteiger partial charge in [-0.3, -0.25) is 0 Å². The lowest BCUT2D eigenvalue weighted by Crippen LogP contribution is -2.26. The largest absolute Gasteiger partial charge is 0.396 e. The van der Waals surface area contributed by atoms with Crippen molar-refractivity contribution in [2.45, 2.75) is 30.6 Å². The van der Waals surface area contributed by atoms with Crippen molar-refractivity contribution < 1.29 is 13.5 Å². The monoisotopic (exact) mass is 358 g/mol. The summed E-state index contributed by atoms with van der Waals surface area (Å²) in [6.45, 7) is 0.531. The third-order valence-electron chi connectivity index (χ3n) is 3.90. The van der Waals surface area contributed by atoms with Crippen molar-refractivity contribution in [3.63, 3.8) is 0 Å². The summed E-state index contributed by atoms with van der Waals surface area (Å²) >= 11 is 0. The van der Waals surface area contributed by atoms with E-state index in [2.05, 4.69) is 4.72 Å². The minimum atomic E-state index is -3.56. The van der Waals surface area contributed by atoms with Crippen molar-refractivity contribution >= 4 is 10.0 Å². The van der Waals surface area contributed by atoms with Crippen LogP contribution in [-0.2, 0) is 22.9 Å². The Labute approximate surface area is 149 Å². The molecule has 0 aliphatic heterocycles. The van der Waals surface area contributed by atoms with E-state index in [4.69, 9.17) is 10.4 Å². The summed E-state index contributed by atoms with van der Waals surface area (Å²) in [4.78, 5) is 0.158. The number of rotatable bonds is 9. The first kappa shape index (κ1) is 19.1. The molecule has 0 saturated heterocycles. The lowest BCUT2D eigenvalue weighted by atomic mass is 10.0. The van der Waals surface area contributed by atoms with Crippen LogP contribution in [-0.4, -0.2) is 26.7 Å². The number of hydrogen-bond donors (Lipinski definition) is 2. The van der Waals surface area contributed by atoms with Crippen molar-refractivity contribution in [3.8, 4) is 6.07 Å². The van der Waals surface area contributed by atoms with Crippen LogP contribution in [0.5, 0.6) is 0 Å². The molecular weight excluding hydrogens is 336 g/mol. The number of aliphatic hydroxyl groups excluding tert-OH is 1. The van der Waals surface area contributed by atoms with Gasteiger partial charge in [0.25, 0.3) is 0 Å². The molecule has 0 unspecified atom stereocenters. The summed E-state index contributed by atoms with van der Waals surface area (Å²) in [5, 5.41) is 17.5. The van der Waals surface area contributed by atoms with E-state index >= 15 is 0 Å². The van der Waals surface area contributed by atoms with Crippen LogP contribution in [0.25, 0.3) is 0 Å². The molecule has 0 aliphatic rings. The number of nitriles is 1. The van der Waals surface area contributed by atoms with Gasteiger partial charge in [-0.2, -0.15) is 5.26 Å². The number of unbranched alkanes of at least 4 members (excludes halogenated alkanes) is 1. The highest BCUT2D eigenvalue weighted by atomic mass is 32.2. The van der Waals surface area contributed by atoms with E-state index in [1.54, 1.807) is 0 Å². The summed E-state index contributed by atoms with van der Waals surface area (Å²) in [5.74, 6) is 0. The van der Waals surface area contributed by atoms with E-state index in [1.165, 1.54) is 29.8 Å². The minimum absolute atomic E-state index is 0.158. The van der Waals surface area contributed by atoms with Gasteiger partial charge in [-0.15, -0.1) is 0 Å². The van der Waals surface area contributed by atoms with Crippen LogP contribution in [0.3, 0.4) is 0 Å². The molecule has 25 heavy (non-hydrogen) atoms. The number of nitrogens with one attached hydrogen (secondary N) is 1. The molecule has 0 bridgehead atoms. The van der Waals surface area contributed by atoms with Gasteiger partial charge >= 0.3 is 0 Å². The highest BCUT2D eigenvalue weighted by molar-refractivity contribution is 7.89. The zero-order valence-electron chi connectivity index (χ0n) is 14.0. The molecule has 2 N–H and O–H groups in total. The molecule has 2 aromatic carbocycles. The smallest absolute Gasteiger partial charge is 0.240 e. The van der Waals surface area contributed by atoms with Crippen LogP contribution >= 0.6 is 0 Å². The van der Waals surface area contributed by atoms with E-state index < -0.39 is 10.0 Å². The second kappa shape index (κ2) is 9.33. The summed E-state index contributed by atoms with van der Waals surface area (Å²) < 4.78 is 27.0. The highest BCUT2D eigenvalue weighted by Crippen LogP contribution is 2.11. The van der Waals surface area contributed by atoms with Crippen LogP contribution in [0.15, 0.2) is 53.4 Å². The number of benzene rings is 2. The Kier molecular flexibility index (Phi) is 7.14. The molecular formula is C19H22N2O3S. The Hall–Kier alpha value is -2.20. The van der Waals surface area contributed by atoms with Crippen molar-refractivity contribution in [3.05, 3.63) is 65.2 Å². The summed E-state index contributed by atoms with van der Waals surface area (Å²) in [6.07, 6.45) is 3.30. The number of aliphatic hydroxyl groups is 1. The van der Waals surface area contributed by atoms with E-state index in [9.17, 15) is 8.42 Å². The van der Waals surface area contributed by atoms with Gasteiger partial charge in [0.1, 0.15) is 0 Å². The molecule has 0 radical (unpaired) electrons. The SMILES string of the molecule is N#Cc1ccc(S(=O)(=O)NCCc2ccc(CCCCO)cc2)cc1. The maximum Gasteiger partial charge on any atom is 0.240 e. The van der Waals surface area contributed by atoms with Crippen molar-refractivity contribution in [1.29, 1.82) is 5.26 Å². The Morgan fingerprint density at radius 1 is 0.920 bits per heavy atom. The van der Waals surface area contributed by atoms with Crippen LogP contribution in [0.2, 0.25) is 0 Å². The van der Waals surface area contributed by atoms with Crippen LogP contribution in [0.4, 0.5) is 0 Å². The fourth-order valence-electron chi connectivity index (χ4n) is 2.44.